The second-order valence-electron chi connectivity index (χ2n) is 6.73. The Morgan fingerprint density at radius 3 is 2.85 bits per heavy atom. The van der Waals surface area contributed by atoms with Crippen LogP contribution in [-0.2, 0) is 9.53 Å². The Morgan fingerprint density at radius 1 is 1.44 bits per heavy atom. The number of ether oxygens (including phenoxy) is 1. The van der Waals surface area contributed by atoms with Crippen molar-refractivity contribution in [3.8, 4) is 0 Å². The van der Waals surface area contributed by atoms with Crippen LogP contribution in [0.15, 0.2) is 38.2 Å². The lowest BCUT2D eigenvalue weighted by molar-refractivity contribution is -0.103. The van der Waals surface area contributed by atoms with Crippen molar-refractivity contribution in [2.24, 2.45) is 10.4 Å². The van der Waals surface area contributed by atoms with Crippen molar-refractivity contribution in [2.45, 2.75) is 24.2 Å². The maximum atomic E-state index is 11.6. The van der Waals surface area contributed by atoms with E-state index in [1.54, 1.807) is 25.5 Å². The van der Waals surface area contributed by atoms with E-state index in [-0.39, 0.29) is 16.0 Å². The molecule has 0 saturated carbocycles. The molecule has 0 radical (unpaired) electrons. The number of aliphatic imine (C=N–C) groups is 1. The summed E-state index contributed by atoms with van der Waals surface area (Å²) in [5, 5.41) is 3.82. The number of aromatic amines is 1. The predicted molar refractivity (Wildman–Crippen MR) is 107 cm³/mol. The largest absolute Gasteiger partial charge is 0.381 e. The molecule has 3 heterocycles. The van der Waals surface area contributed by atoms with Gasteiger partial charge in [0.2, 0.25) is 0 Å². The van der Waals surface area contributed by atoms with Gasteiger partial charge >= 0.3 is 0 Å². The van der Waals surface area contributed by atoms with Crippen LogP contribution in [0.3, 0.4) is 0 Å². The molecule has 2 saturated heterocycles. The van der Waals surface area contributed by atoms with Crippen LogP contribution in [-0.4, -0.2) is 55.4 Å². The lowest BCUT2D eigenvalue weighted by Crippen LogP contribution is -2.44. The fourth-order valence-electron chi connectivity index (χ4n) is 3.35. The number of H-pyrrole nitrogens is 1. The Balaban J connectivity index is 1.69. The first-order chi connectivity index (χ1) is 13.1. The molecule has 27 heavy (non-hydrogen) atoms. The van der Waals surface area contributed by atoms with Gasteiger partial charge in [0.25, 0.3) is 5.56 Å². The minimum absolute atomic E-state index is 0.128. The summed E-state index contributed by atoms with van der Waals surface area (Å²) in [5.41, 5.74) is -0.0592. The Bertz CT molecular complexity index is 792. The van der Waals surface area contributed by atoms with Gasteiger partial charge in [0.1, 0.15) is 5.02 Å². The van der Waals surface area contributed by atoms with E-state index in [1.165, 1.54) is 11.8 Å². The van der Waals surface area contributed by atoms with E-state index in [0.717, 1.165) is 51.9 Å². The summed E-state index contributed by atoms with van der Waals surface area (Å²) in [6.45, 7) is 3.27. The van der Waals surface area contributed by atoms with E-state index in [1.807, 2.05) is 4.90 Å². The summed E-state index contributed by atoms with van der Waals surface area (Å²) in [5.74, 6) is 0.411. The first kappa shape index (κ1) is 20.0. The number of pyridine rings is 1. The van der Waals surface area contributed by atoms with E-state index in [2.05, 4.69) is 15.3 Å². The van der Waals surface area contributed by atoms with E-state index in [4.69, 9.17) is 16.3 Å². The molecule has 0 atom stereocenters. The molecule has 9 heteroatoms. The van der Waals surface area contributed by atoms with Gasteiger partial charge in [-0.25, -0.2) is 4.99 Å². The second-order valence-corrected chi connectivity index (χ2v) is 8.19. The maximum absolute atomic E-state index is 11.6. The van der Waals surface area contributed by atoms with Gasteiger partial charge in [0.15, 0.2) is 12.1 Å². The Hall–Kier alpha value is -1.77. The highest BCUT2D eigenvalue weighted by molar-refractivity contribution is 8.03. The standard InChI is InChI=1S/C18H23ClN4O3S/c1-20-15(27-13-2-6-21-17(25)16(13)19)10-22-14(11-24)23-7-3-18(4-8-23)5-9-26-12-18/h2,6,10-11,20H,3-5,7-9,12H2,1H3,(H,21,25)/b15-10+,22-14?. The molecule has 0 aromatic carbocycles. The van der Waals surface area contributed by atoms with Gasteiger partial charge in [-0.2, -0.15) is 0 Å². The number of carbonyl (C=O) groups excluding carboxylic acids is 1. The number of hydrogen-bond donors (Lipinski definition) is 2. The number of hydrogen-bond acceptors (Lipinski definition) is 6. The average Bonchev–Trinajstić information content (AvgIpc) is 3.14. The quantitative estimate of drug-likeness (QED) is 0.335. The van der Waals surface area contributed by atoms with Crippen molar-refractivity contribution in [3.63, 3.8) is 0 Å². The summed E-state index contributed by atoms with van der Waals surface area (Å²) in [4.78, 5) is 32.7. The molecule has 7 nitrogen and oxygen atoms in total. The predicted octanol–water partition coefficient (Wildman–Crippen LogP) is 2.24. The Labute approximate surface area is 167 Å². The van der Waals surface area contributed by atoms with Gasteiger partial charge in [-0.05, 0) is 30.7 Å². The zero-order valence-corrected chi connectivity index (χ0v) is 16.7. The monoisotopic (exact) mass is 410 g/mol. The highest BCUT2D eigenvalue weighted by Crippen LogP contribution is 2.39. The lowest BCUT2D eigenvalue weighted by atomic mass is 9.78. The smallest absolute Gasteiger partial charge is 0.267 e. The van der Waals surface area contributed by atoms with Gasteiger partial charge in [-0.1, -0.05) is 23.4 Å². The zero-order chi connectivity index (χ0) is 19.3. The third-order valence-electron chi connectivity index (χ3n) is 5.08. The number of nitrogens with one attached hydrogen (secondary N) is 2. The molecule has 2 N–H and O–H groups in total. The van der Waals surface area contributed by atoms with Crippen molar-refractivity contribution >= 4 is 35.5 Å². The minimum Gasteiger partial charge on any atom is -0.381 e. The molecule has 0 bridgehead atoms. The van der Waals surface area contributed by atoms with Crippen molar-refractivity contribution < 1.29 is 9.53 Å². The molecule has 0 amide bonds. The normalized spacial score (nSPS) is 20.1. The molecule has 146 valence electrons. The molecule has 1 aromatic heterocycles. The number of amidine groups is 1. The first-order valence-corrected chi connectivity index (χ1v) is 10.0. The number of aromatic nitrogens is 1. The van der Waals surface area contributed by atoms with Gasteiger partial charge in [0, 0.05) is 37.8 Å². The molecule has 0 unspecified atom stereocenters. The molecular weight excluding hydrogens is 388 g/mol. The van der Waals surface area contributed by atoms with Crippen LogP contribution < -0.4 is 10.9 Å². The third-order valence-corrected chi connectivity index (χ3v) is 6.66. The molecule has 2 aliphatic rings. The molecule has 1 aromatic rings. The fourth-order valence-corrected chi connectivity index (χ4v) is 4.34. The van der Waals surface area contributed by atoms with Gasteiger partial charge in [-0.15, -0.1) is 0 Å². The fraction of sp³-hybridized carbons (Fsp3) is 0.500. The number of thioether (sulfide) groups is 1. The van der Waals surface area contributed by atoms with Crippen molar-refractivity contribution in [2.75, 3.05) is 33.4 Å². The molecule has 2 fully saturated rings. The van der Waals surface area contributed by atoms with Crippen molar-refractivity contribution in [1.29, 1.82) is 0 Å². The SMILES string of the molecule is CN/C(=C\N=C(C=O)N1CCC2(CCOC2)CC1)Sc1cc[nH]c(=O)c1Cl. The van der Waals surface area contributed by atoms with E-state index in [0.29, 0.717) is 15.8 Å². The number of halogens is 1. The minimum atomic E-state index is -0.340. The van der Waals surface area contributed by atoms with Gasteiger partial charge in [0.05, 0.1) is 17.8 Å². The summed E-state index contributed by atoms with van der Waals surface area (Å²) in [7, 11) is 1.75. The number of aldehydes is 1. The summed E-state index contributed by atoms with van der Waals surface area (Å²) < 4.78 is 5.55. The molecule has 0 aliphatic carbocycles. The van der Waals surface area contributed by atoms with Crippen LogP contribution in [0.25, 0.3) is 0 Å². The van der Waals surface area contributed by atoms with E-state index >= 15 is 0 Å². The summed E-state index contributed by atoms with van der Waals surface area (Å²) in [6.07, 6.45) is 7.05. The molecular formula is C18H23ClN4O3S. The number of likely N-dealkylation sites (tertiary alicyclic amines) is 1. The molecule has 2 aliphatic heterocycles. The number of nitrogens with zero attached hydrogens (tertiary/aromatic N) is 2. The number of piperidine rings is 1. The highest BCUT2D eigenvalue weighted by atomic mass is 35.5. The van der Waals surface area contributed by atoms with Crippen molar-refractivity contribution in [1.82, 2.24) is 15.2 Å². The van der Waals surface area contributed by atoms with Crippen LogP contribution in [0.1, 0.15) is 19.3 Å². The van der Waals surface area contributed by atoms with Gasteiger partial charge in [-0.3, -0.25) is 9.59 Å². The topological polar surface area (TPSA) is 86.8 Å². The third kappa shape index (κ3) is 4.75. The maximum Gasteiger partial charge on any atom is 0.267 e. The number of rotatable bonds is 5. The van der Waals surface area contributed by atoms with Crippen LogP contribution in [0.2, 0.25) is 5.02 Å². The van der Waals surface area contributed by atoms with Gasteiger partial charge < -0.3 is 19.9 Å². The Kier molecular flexibility index (Phi) is 6.62. The highest BCUT2D eigenvalue weighted by Gasteiger charge is 2.38. The van der Waals surface area contributed by atoms with E-state index in [9.17, 15) is 9.59 Å². The molecule has 1 spiro atoms. The summed E-state index contributed by atoms with van der Waals surface area (Å²) >= 11 is 7.32. The van der Waals surface area contributed by atoms with Crippen LogP contribution in [0, 0.1) is 5.41 Å². The first-order valence-electron chi connectivity index (χ1n) is 8.85. The van der Waals surface area contributed by atoms with Crippen LogP contribution in [0.4, 0.5) is 0 Å². The van der Waals surface area contributed by atoms with Crippen LogP contribution in [0.5, 0.6) is 0 Å². The average molecular weight is 411 g/mol. The van der Waals surface area contributed by atoms with E-state index < -0.39 is 0 Å². The number of carbonyl (C=O) groups is 1. The second kappa shape index (κ2) is 8.95. The molecule has 3 rings (SSSR count). The lowest BCUT2D eigenvalue weighted by Gasteiger charge is -2.38. The van der Waals surface area contributed by atoms with Crippen molar-refractivity contribution in [3.05, 3.63) is 38.9 Å². The van der Waals surface area contributed by atoms with Crippen LogP contribution >= 0.6 is 23.4 Å². The Morgan fingerprint density at radius 2 is 2.22 bits per heavy atom. The summed E-state index contributed by atoms with van der Waals surface area (Å²) in [6, 6.07) is 1.72. The zero-order valence-electron chi connectivity index (χ0n) is 15.2.